The van der Waals surface area contributed by atoms with Crippen LogP contribution >= 0.6 is 0 Å². The number of aliphatic hydroxyl groups is 1. The number of hydrogen-bond donors (Lipinski definition) is 2. The second-order valence-electron chi connectivity index (χ2n) is 12.2. The van der Waals surface area contributed by atoms with Crippen LogP contribution in [-0.4, -0.2) is 63.6 Å². The molecule has 6 aromatic rings. The van der Waals surface area contributed by atoms with E-state index in [0.29, 0.717) is 22.6 Å². The number of halogens is 1. The molecule has 2 aromatic heterocycles. The predicted molar refractivity (Wildman–Crippen MR) is 191 cm³/mol. The van der Waals surface area contributed by atoms with Crippen molar-refractivity contribution in [3.05, 3.63) is 156 Å². The molecule has 1 aliphatic rings. The molecule has 0 radical (unpaired) electrons. The molecule has 2 heterocycles. The third kappa shape index (κ3) is 6.11. The van der Waals surface area contributed by atoms with Crippen LogP contribution in [0.15, 0.2) is 134 Å². The Balaban J connectivity index is 1.23. The third-order valence-corrected chi connectivity index (χ3v) is 9.48. The van der Waals surface area contributed by atoms with Crippen molar-refractivity contribution >= 4 is 22.9 Å². The molecule has 7 rings (SSSR count). The standard InChI is InChI=1S/C40H36FN5O5/c1-25-32(36(47)33(41)35(25)46-24-44-34-37(42-23-43-38(34)46)45-39(48)26-10-6-4-7-11-26)22-51-40(27-12-8-5-9-13-27,28-14-18-30(49-2)19-15-28)29-16-20-31(50-3)21-17-29/h4-21,23-24,32-33,35-36,47H,1,22H2,2-3H3,(H,42,43,45,48)/t32-,33?,35+,36+/m0/s1. The number of alkyl halides is 1. The first-order valence-electron chi connectivity index (χ1n) is 16.4. The van der Waals surface area contributed by atoms with Gasteiger partial charge < -0.3 is 29.2 Å². The monoisotopic (exact) mass is 685 g/mol. The van der Waals surface area contributed by atoms with Crippen molar-refractivity contribution < 1.29 is 28.5 Å². The number of methoxy groups -OCH3 is 2. The summed E-state index contributed by atoms with van der Waals surface area (Å²) in [5, 5.41) is 14.2. The van der Waals surface area contributed by atoms with Crippen molar-refractivity contribution in [1.82, 2.24) is 19.5 Å². The Bertz CT molecular complexity index is 2090. The maximum atomic E-state index is 16.3. The summed E-state index contributed by atoms with van der Waals surface area (Å²) in [6.45, 7) is 4.20. The molecule has 0 saturated heterocycles. The Morgan fingerprint density at radius 2 is 1.41 bits per heavy atom. The molecule has 4 atom stereocenters. The van der Waals surface area contributed by atoms with E-state index in [4.69, 9.17) is 14.2 Å². The van der Waals surface area contributed by atoms with Crippen molar-refractivity contribution in [2.75, 3.05) is 26.1 Å². The number of carbonyl (C=O) groups excluding carboxylic acids is 1. The number of nitrogens with one attached hydrogen (secondary N) is 1. The van der Waals surface area contributed by atoms with Gasteiger partial charge in [0.15, 0.2) is 23.2 Å². The normalized spacial score (nSPS) is 18.9. The third-order valence-electron chi connectivity index (χ3n) is 9.48. The van der Waals surface area contributed by atoms with Gasteiger partial charge in [-0.3, -0.25) is 4.79 Å². The minimum Gasteiger partial charge on any atom is -0.497 e. The maximum absolute atomic E-state index is 16.3. The highest BCUT2D eigenvalue weighted by Crippen LogP contribution is 2.46. The molecule has 1 amide bonds. The van der Waals surface area contributed by atoms with Crippen LogP contribution in [0.4, 0.5) is 10.2 Å². The Kier molecular flexibility index (Phi) is 9.31. The van der Waals surface area contributed by atoms with Crippen LogP contribution in [0, 0.1) is 5.92 Å². The predicted octanol–water partition coefficient (Wildman–Crippen LogP) is 6.53. The number of nitrogens with zero attached hydrogens (tertiary/aromatic N) is 4. The summed E-state index contributed by atoms with van der Waals surface area (Å²) in [7, 11) is 3.21. The van der Waals surface area contributed by atoms with E-state index < -0.39 is 29.8 Å². The lowest BCUT2D eigenvalue weighted by molar-refractivity contribution is -0.0329. The van der Waals surface area contributed by atoms with Crippen molar-refractivity contribution in [3.63, 3.8) is 0 Å². The summed E-state index contributed by atoms with van der Waals surface area (Å²) < 4.78 is 35.7. The second kappa shape index (κ2) is 14.1. The lowest BCUT2D eigenvalue weighted by Crippen LogP contribution is -2.36. The molecule has 0 aliphatic heterocycles. The molecule has 0 bridgehead atoms. The molecule has 1 fully saturated rings. The van der Waals surface area contributed by atoms with Crippen molar-refractivity contribution in [3.8, 4) is 11.5 Å². The fraction of sp³-hybridized carbons (Fsp3) is 0.200. The molecule has 2 N–H and O–H groups in total. The van der Waals surface area contributed by atoms with Crippen LogP contribution in [-0.2, 0) is 10.3 Å². The van der Waals surface area contributed by atoms with Crippen molar-refractivity contribution in [1.29, 1.82) is 0 Å². The van der Waals surface area contributed by atoms with E-state index in [0.717, 1.165) is 16.7 Å². The first-order chi connectivity index (χ1) is 24.8. The van der Waals surface area contributed by atoms with E-state index in [1.54, 1.807) is 38.5 Å². The molecule has 10 nitrogen and oxygen atoms in total. The van der Waals surface area contributed by atoms with Crippen LogP contribution in [0.3, 0.4) is 0 Å². The topological polar surface area (TPSA) is 121 Å². The number of imidazole rings is 1. The average Bonchev–Trinajstić information content (AvgIpc) is 3.70. The summed E-state index contributed by atoms with van der Waals surface area (Å²) in [5.41, 5.74) is 2.66. The first-order valence-corrected chi connectivity index (χ1v) is 16.4. The number of ether oxygens (including phenoxy) is 3. The van der Waals surface area contributed by atoms with E-state index in [-0.39, 0.29) is 29.5 Å². The highest BCUT2D eigenvalue weighted by atomic mass is 19.1. The first kappa shape index (κ1) is 33.6. The quantitative estimate of drug-likeness (QED) is 0.117. The number of aliphatic hydroxyl groups excluding tert-OH is 1. The smallest absolute Gasteiger partial charge is 0.256 e. The van der Waals surface area contributed by atoms with Gasteiger partial charge in [-0.2, -0.15) is 0 Å². The molecular formula is C40H36FN5O5. The highest BCUT2D eigenvalue weighted by Gasteiger charge is 2.49. The molecule has 1 aliphatic carbocycles. The lowest BCUT2D eigenvalue weighted by Gasteiger charge is -2.37. The zero-order valence-corrected chi connectivity index (χ0v) is 28.0. The summed E-state index contributed by atoms with van der Waals surface area (Å²) in [6, 6.07) is 32.6. The second-order valence-corrected chi connectivity index (χ2v) is 12.2. The number of hydrogen-bond acceptors (Lipinski definition) is 8. The zero-order valence-electron chi connectivity index (χ0n) is 28.0. The number of benzene rings is 4. The van der Waals surface area contributed by atoms with Crippen molar-refractivity contribution in [2.45, 2.75) is 23.9 Å². The van der Waals surface area contributed by atoms with Gasteiger partial charge in [0.2, 0.25) is 0 Å². The van der Waals surface area contributed by atoms with Gasteiger partial charge in [0.25, 0.3) is 5.91 Å². The van der Waals surface area contributed by atoms with Gasteiger partial charge in [-0.25, -0.2) is 19.3 Å². The maximum Gasteiger partial charge on any atom is 0.256 e. The fourth-order valence-corrected chi connectivity index (χ4v) is 6.79. The summed E-state index contributed by atoms with van der Waals surface area (Å²) in [4.78, 5) is 25.9. The Morgan fingerprint density at radius 3 is 2.00 bits per heavy atom. The van der Waals surface area contributed by atoms with Crippen LogP contribution < -0.4 is 14.8 Å². The molecule has 1 unspecified atom stereocenters. The highest BCUT2D eigenvalue weighted by molar-refractivity contribution is 6.06. The number of amides is 1. The van der Waals surface area contributed by atoms with Gasteiger partial charge in [0.05, 0.1) is 39.3 Å². The van der Waals surface area contributed by atoms with E-state index >= 15 is 4.39 Å². The SMILES string of the molecule is C=C1[C@@H](n2cnc3c(NC(=O)c4ccccc4)ncnc32)C(F)[C@H](O)[C@H]1COC(c1ccccc1)(c1ccc(OC)cc1)c1ccc(OC)cc1. The minimum absolute atomic E-state index is 0.0795. The number of aromatic nitrogens is 4. The van der Waals surface area contributed by atoms with Gasteiger partial charge >= 0.3 is 0 Å². The van der Waals surface area contributed by atoms with Crippen LogP contribution in [0.2, 0.25) is 0 Å². The van der Waals surface area contributed by atoms with E-state index in [1.807, 2.05) is 84.9 Å². The van der Waals surface area contributed by atoms with Gasteiger partial charge in [-0.1, -0.05) is 79.4 Å². The number of rotatable bonds is 11. The van der Waals surface area contributed by atoms with Gasteiger partial charge in [-0.05, 0) is 58.7 Å². The molecule has 4 aromatic carbocycles. The fourth-order valence-electron chi connectivity index (χ4n) is 6.79. The Hall–Kier alpha value is -5.91. The van der Waals surface area contributed by atoms with Gasteiger partial charge in [-0.15, -0.1) is 0 Å². The van der Waals surface area contributed by atoms with Gasteiger partial charge in [0.1, 0.15) is 23.4 Å². The molecule has 51 heavy (non-hydrogen) atoms. The molecular weight excluding hydrogens is 649 g/mol. The average molecular weight is 686 g/mol. The zero-order chi connectivity index (χ0) is 35.5. The molecule has 0 spiro atoms. The number of carbonyl (C=O) groups is 1. The summed E-state index contributed by atoms with van der Waals surface area (Å²) in [6.07, 6.45) is -0.493. The van der Waals surface area contributed by atoms with E-state index in [1.165, 1.54) is 17.2 Å². The Morgan fingerprint density at radius 1 is 0.843 bits per heavy atom. The minimum atomic E-state index is -1.76. The molecule has 11 heteroatoms. The van der Waals surface area contributed by atoms with E-state index in [2.05, 4.69) is 26.8 Å². The number of fused-ring (bicyclic) bond motifs is 1. The Labute approximate surface area is 294 Å². The van der Waals surface area contributed by atoms with Gasteiger partial charge in [0, 0.05) is 11.5 Å². The number of anilines is 1. The molecule has 1 saturated carbocycles. The van der Waals surface area contributed by atoms with Crippen molar-refractivity contribution in [2.24, 2.45) is 5.92 Å². The summed E-state index contributed by atoms with van der Waals surface area (Å²) in [5.74, 6) is 0.358. The summed E-state index contributed by atoms with van der Waals surface area (Å²) >= 11 is 0. The molecule has 258 valence electrons. The largest absolute Gasteiger partial charge is 0.497 e. The van der Waals surface area contributed by atoms with E-state index in [9.17, 15) is 9.90 Å². The van der Waals surface area contributed by atoms with Crippen LogP contribution in [0.1, 0.15) is 33.1 Å². The van der Waals surface area contributed by atoms with Crippen LogP contribution in [0.5, 0.6) is 11.5 Å². The lowest BCUT2D eigenvalue weighted by atomic mass is 9.79. The van der Waals surface area contributed by atoms with Crippen LogP contribution in [0.25, 0.3) is 11.2 Å².